The highest BCUT2D eigenvalue weighted by atomic mass is 16.5. The van der Waals surface area contributed by atoms with Crippen LogP contribution in [0.5, 0.6) is 0 Å². The molecule has 12 heavy (non-hydrogen) atoms. The van der Waals surface area contributed by atoms with E-state index in [1.165, 1.54) is 0 Å². The van der Waals surface area contributed by atoms with Gasteiger partial charge >= 0.3 is 0 Å². The minimum atomic E-state index is -0.0833. The van der Waals surface area contributed by atoms with Crippen LogP contribution in [0.25, 0.3) is 0 Å². The molecule has 0 aromatic heterocycles. The highest BCUT2D eigenvalue weighted by Gasteiger charge is 2.44. The molecule has 2 saturated heterocycles. The van der Waals surface area contributed by atoms with Crippen LogP contribution in [0.3, 0.4) is 0 Å². The topological polar surface area (TPSA) is 45.0 Å². The molecule has 2 fully saturated rings. The summed E-state index contributed by atoms with van der Waals surface area (Å²) in [4.78, 5) is 0. The zero-order chi connectivity index (χ0) is 8.44. The van der Waals surface area contributed by atoms with Gasteiger partial charge in [-0.1, -0.05) is 0 Å². The lowest BCUT2D eigenvalue weighted by Gasteiger charge is -2.35. The number of nitriles is 1. The summed E-state index contributed by atoms with van der Waals surface area (Å²) < 4.78 is 5.72. The maximum absolute atomic E-state index is 8.93. The SMILES string of the molecule is N#CC1CCOC12CCNCC2. The summed E-state index contributed by atoms with van der Waals surface area (Å²) in [5.41, 5.74) is -0.0833. The van der Waals surface area contributed by atoms with E-state index in [2.05, 4.69) is 11.4 Å². The van der Waals surface area contributed by atoms with Gasteiger partial charge in [0, 0.05) is 6.61 Å². The second-order valence-electron chi connectivity index (χ2n) is 3.63. The third kappa shape index (κ3) is 1.12. The molecule has 1 unspecified atom stereocenters. The zero-order valence-electron chi connectivity index (χ0n) is 7.18. The molecule has 0 aliphatic carbocycles. The number of ether oxygens (including phenoxy) is 1. The quantitative estimate of drug-likeness (QED) is 0.575. The van der Waals surface area contributed by atoms with E-state index in [0.717, 1.165) is 39.0 Å². The Morgan fingerprint density at radius 2 is 2.17 bits per heavy atom. The summed E-state index contributed by atoms with van der Waals surface area (Å²) in [6, 6.07) is 2.37. The van der Waals surface area contributed by atoms with Crippen molar-refractivity contribution in [2.24, 2.45) is 5.92 Å². The third-order valence-corrected chi connectivity index (χ3v) is 3.04. The first kappa shape index (κ1) is 8.03. The van der Waals surface area contributed by atoms with E-state index < -0.39 is 0 Å². The predicted octanol–water partition coefficient (Wildman–Crippen LogP) is 0.669. The van der Waals surface area contributed by atoms with Gasteiger partial charge < -0.3 is 10.1 Å². The summed E-state index contributed by atoms with van der Waals surface area (Å²) in [5.74, 6) is 0.139. The fourth-order valence-electron chi connectivity index (χ4n) is 2.27. The third-order valence-electron chi connectivity index (χ3n) is 3.04. The summed E-state index contributed by atoms with van der Waals surface area (Å²) in [6.45, 7) is 2.77. The molecule has 2 heterocycles. The van der Waals surface area contributed by atoms with Crippen LogP contribution < -0.4 is 5.32 Å². The Hall–Kier alpha value is -0.590. The van der Waals surface area contributed by atoms with Gasteiger partial charge in [0.2, 0.25) is 0 Å². The fourth-order valence-corrected chi connectivity index (χ4v) is 2.27. The maximum Gasteiger partial charge on any atom is 0.0865 e. The lowest BCUT2D eigenvalue weighted by Crippen LogP contribution is -2.45. The lowest BCUT2D eigenvalue weighted by molar-refractivity contribution is -0.0335. The van der Waals surface area contributed by atoms with Gasteiger partial charge in [-0.2, -0.15) is 5.26 Å². The number of hydrogen-bond acceptors (Lipinski definition) is 3. The molecule has 3 nitrogen and oxygen atoms in total. The second-order valence-corrected chi connectivity index (χ2v) is 3.63. The summed E-state index contributed by atoms with van der Waals surface area (Å²) in [6.07, 6.45) is 2.94. The molecule has 0 aromatic carbocycles. The van der Waals surface area contributed by atoms with Gasteiger partial charge in [-0.05, 0) is 32.4 Å². The molecular formula is C9H14N2O. The maximum atomic E-state index is 8.93. The van der Waals surface area contributed by atoms with Crippen LogP contribution in [0, 0.1) is 17.2 Å². The van der Waals surface area contributed by atoms with Crippen LogP contribution in [0.1, 0.15) is 19.3 Å². The Bertz CT molecular complexity index is 203. The number of rotatable bonds is 0. The molecule has 2 aliphatic heterocycles. The highest BCUT2D eigenvalue weighted by molar-refractivity contribution is 5.04. The van der Waals surface area contributed by atoms with Gasteiger partial charge in [0.15, 0.2) is 0 Å². The van der Waals surface area contributed by atoms with Gasteiger partial charge in [-0.15, -0.1) is 0 Å². The monoisotopic (exact) mass is 166 g/mol. The van der Waals surface area contributed by atoms with Crippen molar-refractivity contribution >= 4 is 0 Å². The number of nitrogens with zero attached hydrogens (tertiary/aromatic N) is 1. The van der Waals surface area contributed by atoms with Crippen LogP contribution in [0.2, 0.25) is 0 Å². The van der Waals surface area contributed by atoms with Gasteiger partial charge in [-0.3, -0.25) is 0 Å². The second kappa shape index (κ2) is 3.04. The highest BCUT2D eigenvalue weighted by Crippen LogP contribution is 2.38. The molecule has 2 aliphatic rings. The first-order valence-corrected chi connectivity index (χ1v) is 4.62. The number of piperidine rings is 1. The van der Waals surface area contributed by atoms with Crippen LogP contribution in [0.4, 0.5) is 0 Å². The van der Waals surface area contributed by atoms with E-state index in [-0.39, 0.29) is 11.5 Å². The minimum Gasteiger partial charge on any atom is -0.373 e. The van der Waals surface area contributed by atoms with Gasteiger partial charge in [0.1, 0.15) is 0 Å². The smallest absolute Gasteiger partial charge is 0.0865 e. The molecule has 66 valence electrons. The summed E-state index contributed by atoms with van der Waals surface area (Å²) in [5, 5.41) is 12.2. The van der Waals surface area contributed by atoms with E-state index in [1.54, 1.807) is 0 Å². The first-order chi connectivity index (χ1) is 5.87. The normalized spacial score (nSPS) is 33.4. The van der Waals surface area contributed by atoms with Crippen molar-refractivity contribution in [1.29, 1.82) is 5.26 Å². The Morgan fingerprint density at radius 3 is 2.83 bits per heavy atom. The van der Waals surface area contributed by atoms with Crippen molar-refractivity contribution < 1.29 is 4.74 Å². The van der Waals surface area contributed by atoms with Crippen molar-refractivity contribution in [2.75, 3.05) is 19.7 Å². The van der Waals surface area contributed by atoms with Crippen LogP contribution in [-0.4, -0.2) is 25.3 Å². The molecule has 0 bridgehead atoms. The van der Waals surface area contributed by atoms with E-state index in [4.69, 9.17) is 10.00 Å². The van der Waals surface area contributed by atoms with Crippen molar-refractivity contribution in [3.63, 3.8) is 0 Å². The molecule has 2 rings (SSSR count). The van der Waals surface area contributed by atoms with Crippen LogP contribution in [0.15, 0.2) is 0 Å². The molecule has 1 atom stereocenters. The Balaban J connectivity index is 2.12. The number of hydrogen-bond donors (Lipinski definition) is 1. The average Bonchev–Trinajstić information content (AvgIpc) is 2.49. The molecule has 0 aromatic rings. The Morgan fingerprint density at radius 1 is 1.42 bits per heavy atom. The Labute approximate surface area is 72.7 Å². The number of nitrogens with one attached hydrogen (secondary N) is 1. The molecule has 1 spiro atoms. The van der Waals surface area contributed by atoms with Gasteiger partial charge in [0.25, 0.3) is 0 Å². The first-order valence-electron chi connectivity index (χ1n) is 4.62. The van der Waals surface area contributed by atoms with E-state index >= 15 is 0 Å². The van der Waals surface area contributed by atoms with E-state index in [9.17, 15) is 0 Å². The largest absolute Gasteiger partial charge is 0.373 e. The average molecular weight is 166 g/mol. The van der Waals surface area contributed by atoms with Crippen LogP contribution >= 0.6 is 0 Å². The molecule has 1 N–H and O–H groups in total. The lowest BCUT2D eigenvalue weighted by atomic mass is 9.81. The van der Waals surface area contributed by atoms with Crippen molar-refractivity contribution in [3.05, 3.63) is 0 Å². The summed E-state index contributed by atoms with van der Waals surface area (Å²) in [7, 11) is 0. The standard InChI is InChI=1S/C9H14N2O/c10-7-8-1-6-12-9(8)2-4-11-5-3-9/h8,11H,1-6H2. The molecular weight excluding hydrogens is 152 g/mol. The fraction of sp³-hybridized carbons (Fsp3) is 0.889. The predicted molar refractivity (Wildman–Crippen MR) is 44.5 cm³/mol. The van der Waals surface area contributed by atoms with E-state index in [1.807, 2.05) is 0 Å². The summed E-state index contributed by atoms with van der Waals surface area (Å²) >= 11 is 0. The molecule has 0 radical (unpaired) electrons. The van der Waals surface area contributed by atoms with Crippen molar-refractivity contribution in [2.45, 2.75) is 24.9 Å². The molecule has 0 amide bonds. The van der Waals surface area contributed by atoms with Crippen molar-refractivity contribution in [3.8, 4) is 6.07 Å². The zero-order valence-corrected chi connectivity index (χ0v) is 7.18. The minimum absolute atomic E-state index is 0.0833. The molecule has 0 saturated carbocycles. The van der Waals surface area contributed by atoms with Gasteiger partial charge in [0.05, 0.1) is 17.6 Å². The molecule has 3 heteroatoms. The van der Waals surface area contributed by atoms with Gasteiger partial charge in [-0.25, -0.2) is 0 Å². The van der Waals surface area contributed by atoms with E-state index in [0.29, 0.717) is 0 Å². The Kier molecular flexibility index (Phi) is 2.03. The van der Waals surface area contributed by atoms with Crippen molar-refractivity contribution in [1.82, 2.24) is 5.32 Å². The van der Waals surface area contributed by atoms with Crippen LogP contribution in [-0.2, 0) is 4.74 Å².